The monoisotopic (exact) mass is 281 g/mol. The van der Waals surface area contributed by atoms with Crippen molar-refractivity contribution >= 4 is 17.2 Å². The van der Waals surface area contributed by atoms with Gasteiger partial charge in [0.2, 0.25) is 5.91 Å². The van der Waals surface area contributed by atoms with Gasteiger partial charge in [-0.3, -0.25) is 4.79 Å². The van der Waals surface area contributed by atoms with E-state index in [1.54, 1.807) is 0 Å². The second-order valence-corrected chi connectivity index (χ2v) is 6.24. The summed E-state index contributed by atoms with van der Waals surface area (Å²) in [6.07, 6.45) is 3.88. The molecule has 0 saturated carbocycles. The molecule has 3 N–H and O–H groups in total. The summed E-state index contributed by atoms with van der Waals surface area (Å²) in [7, 11) is 0. The predicted molar refractivity (Wildman–Crippen MR) is 79.1 cm³/mol. The third-order valence-corrected chi connectivity index (χ3v) is 4.46. The molecular weight excluding hydrogens is 258 g/mol. The molecule has 106 valence electrons. The lowest BCUT2D eigenvalue weighted by Gasteiger charge is -2.29. The topological polar surface area (TPSA) is 58.4 Å². The Bertz CT molecular complexity index is 387. The molecule has 1 aliphatic heterocycles. The number of thiophene rings is 1. The van der Waals surface area contributed by atoms with Crippen LogP contribution in [0.2, 0.25) is 0 Å². The van der Waals surface area contributed by atoms with E-state index in [2.05, 4.69) is 10.2 Å². The van der Waals surface area contributed by atoms with Crippen molar-refractivity contribution in [1.29, 1.82) is 0 Å². The molecule has 2 heterocycles. The summed E-state index contributed by atoms with van der Waals surface area (Å²) in [5.74, 6) is -0.0769. The second-order valence-electron chi connectivity index (χ2n) is 5.26. The second kappa shape index (κ2) is 7.03. The van der Waals surface area contributed by atoms with Gasteiger partial charge >= 0.3 is 0 Å². The van der Waals surface area contributed by atoms with E-state index in [4.69, 9.17) is 5.73 Å². The van der Waals surface area contributed by atoms with E-state index in [0.717, 1.165) is 24.5 Å². The number of rotatable bonds is 5. The number of amides is 1. The number of hydrogen-bond donors (Lipinski definition) is 2. The number of nitrogens with zero attached hydrogens (tertiary/aromatic N) is 1. The fraction of sp³-hybridized carbons (Fsp3) is 0.643. The molecular formula is C14H23N3OS. The van der Waals surface area contributed by atoms with Gasteiger partial charge in [0.15, 0.2) is 0 Å². The summed E-state index contributed by atoms with van der Waals surface area (Å²) < 4.78 is 0. The first-order chi connectivity index (χ1) is 9.16. The molecule has 1 aromatic rings. The Hall–Kier alpha value is -0.910. The minimum absolute atomic E-state index is 0.0769. The van der Waals surface area contributed by atoms with E-state index in [9.17, 15) is 4.79 Å². The molecule has 0 bridgehead atoms. The van der Waals surface area contributed by atoms with Gasteiger partial charge in [-0.25, -0.2) is 0 Å². The van der Waals surface area contributed by atoms with Crippen LogP contribution in [0.5, 0.6) is 0 Å². The van der Waals surface area contributed by atoms with Crippen LogP contribution in [0.3, 0.4) is 0 Å². The van der Waals surface area contributed by atoms with E-state index in [-0.39, 0.29) is 11.9 Å². The molecule has 1 aromatic heterocycles. The van der Waals surface area contributed by atoms with Gasteiger partial charge < -0.3 is 16.0 Å². The number of nitrogens with one attached hydrogen (secondary N) is 1. The van der Waals surface area contributed by atoms with Crippen molar-refractivity contribution in [3.8, 4) is 0 Å². The summed E-state index contributed by atoms with van der Waals surface area (Å²) in [6, 6.07) is 3.44. The smallest absolute Gasteiger partial charge is 0.242 e. The average molecular weight is 281 g/mol. The van der Waals surface area contributed by atoms with Crippen molar-refractivity contribution in [3.05, 3.63) is 22.4 Å². The maximum atomic E-state index is 12.0. The molecule has 0 aromatic carbocycles. The molecule has 5 heteroatoms. The van der Waals surface area contributed by atoms with Crippen molar-refractivity contribution in [2.75, 3.05) is 19.6 Å². The van der Waals surface area contributed by atoms with Crippen LogP contribution in [0.1, 0.15) is 37.1 Å². The Morgan fingerprint density at radius 2 is 2.21 bits per heavy atom. The number of carbonyl (C=O) groups is 1. The standard InChI is InChI=1S/C14H23N3OS/c1-11(10-17-7-3-2-4-8-17)16-14(18)13(15)12-6-5-9-19-12/h5-6,9,11,13H,2-4,7-8,10,15H2,1H3,(H,16,18). The molecule has 1 amide bonds. The number of nitrogens with two attached hydrogens (primary N) is 1. The molecule has 1 saturated heterocycles. The van der Waals surface area contributed by atoms with Crippen LogP contribution in [0.4, 0.5) is 0 Å². The number of carbonyl (C=O) groups excluding carboxylic acids is 1. The Labute approximate surface area is 119 Å². The number of hydrogen-bond acceptors (Lipinski definition) is 4. The first-order valence-corrected chi connectivity index (χ1v) is 7.86. The van der Waals surface area contributed by atoms with E-state index in [1.807, 2.05) is 24.4 Å². The molecule has 0 spiro atoms. The minimum Gasteiger partial charge on any atom is -0.351 e. The van der Waals surface area contributed by atoms with Gasteiger partial charge in [-0.1, -0.05) is 12.5 Å². The highest BCUT2D eigenvalue weighted by Crippen LogP contribution is 2.17. The lowest BCUT2D eigenvalue weighted by atomic mass is 10.1. The maximum Gasteiger partial charge on any atom is 0.242 e. The zero-order chi connectivity index (χ0) is 13.7. The third-order valence-electron chi connectivity index (χ3n) is 3.50. The van der Waals surface area contributed by atoms with Crippen molar-refractivity contribution in [3.63, 3.8) is 0 Å². The van der Waals surface area contributed by atoms with Crippen LogP contribution in [0.25, 0.3) is 0 Å². The predicted octanol–water partition coefficient (Wildman–Crippen LogP) is 1.74. The molecule has 0 radical (unpaired) electrons. The number of likely N-dealkylation sites (tertiary alicyclic amines) is 1. The first-order valence-electron chi connectivity index (χ1n) is 6.98. The summed E-state index contributed by atoms with van der Waals surface area (Å²) >= 11 is 1.53. The van der Waals surface area contributed by atoms with Gasteiger partial charge in [0.1, 0.15) is 6.04 Å². The van der Waals surface area contributed by atoms with Crippen molar-refractivity contribution in [1.82, 2.24) is 10.2 Å². The van der Waals surface area contributed by atoms with Crippen LogP contribution >= 0.6 is 11.3 Å². The molecule has 19 heavy (non-hydrogen) atoms. The SMILES string of the molecule is CC(CN1CCCCC1)NC(=O)C(N)c1cccs1. The Kier molecular flexibility index (Phi) is 5.36. The fourth-order valence-electron chi connectivity index (χ4n) is 2.50. The summed E-state index contributed by atoms with van der Waals surface area (Å²) in [6.45, 7) is 5.27. The molecule has 2 atom stereocenters. The van der Waals surface area contributed by atoms with E-state index >= 15 is 0 Å². The molecule has 2 rings (SSSR count). The van der Waals surface area contributed by atoms with Gasteiger partial charge in [0.25, 0.3) is 0 Å². The van der Waals surface area contributed by atoms with E-state index < -0.39 is 6.04 Å². The van der Waals surface area contributed by atoms with E-state index in [1.165, 1.54) is 30.6 Å². The van der Waals surface area contributed by atoms with Gasteiger partial charge in [-0.2, -0.15) is 0 Å². The Morgan fingerprint density at radius 1 is 1.47 bits per heavy atom. The lowest BCUT2D eigenvalue weighted by Crippen LogP contribution is -2.46. The van der Waals surface area contributed by atoms with Gasteiger partial charge in [0, 0.05) is 17.5 Å². The minimum atomic E-state index is -0.538. The highest BCUT2D eigenvalue weighted by atomic mass is 32.1. The van der Waals surface area contributed by atoms with Crippen LogP contribution in [0, 0.1) is 0 Å². The number of piperidine rings is 1. The summed E-state index contributed by atoms with van der Waals surface area (Å²) in [5, 5.41) is 4.96. The van der Waals surface area contributed by atoms with Gasteiger partial charge in [0.05, 0.1) is 0 Å². The molecule has 2 unspecified atom stereocenters. The Morgan fingerprint density at radius 3 is 2.84 bits per heavy atom. The van der Waals surface area contributed by atoms with Crippen molar-refractivity contribution < 1.29 is 4.79 Å². The summed E-state index contributed by atoms with van der Waals surface area (Å²) in [4.78, 5) is 15.4. The quantitative estimate of drug-likeness (QED) is 0.864. The first kappa shape index (κ1) is 14.5. The Balaban J connectivity index is 1.77. The largest absolute Gasteiger partial charge is 0.351 e. The lowest BCUT2D eigenvalue weighted by molar-refractivity contribution is -0.123. The van der Waals surface area contributed by atoms with E-state index in [0.29, 0.717) is 0 Å². The molecule has 1 fully saturated rings. The highest BCUT2D eigenvalue weighted by Gasteiger charge is 2.20. The van der Waals surface area contributed by atoms with Crippen molar-refractivity contribution in [2.45, 2.75) is 38.3 Å². The van der Waals surface area contributed by atoms with Crippen LogP contribution in [-0.2, 0) is 4.79 Å². The van der Waals surface area contributed by atoms with Crippen molar-refractivity contribution in [2.24, 2.45) is 5.73 Å². The van der Waals surface area contributed by atoms with Gasteiger partial charge in [-0.05, 0) is 44.3 Å². The zero-order valence-electron chi connectivity index (χ0n) is 11.5. The molecule has 4 nitrogen and oxygen atoms in total. The average Bonchev–Trinajstić information content (AvgIpc) is 2.92. The third kappa shape index (κ3) is 4.30. The highest BCUT2D eigenvalue weighted by molar-refractivity contribution is 7.10. The molecule has 1 aliphatic rings. The molecule has 0 aliphatic carbocycles. The fourth-order valence-corrected chi connectivity index (χ4v) is 3.23. The zero-order valence-corrected chi connectivity index (χ0v) is 12.3. The van der Waals surface area contributed by atoms with Crippen LogP contribution in [-0.4, -0.2) is 36.5 Å². The maximum absolute atomic E-state index is 12.0. The normalized spacial score (nSPS) is 19.9. The van der Waals surface area contributed by atoms with Crippen LogP contribution in [0.15, 0.2) is 17.5 Å². The van der Waals surface area contributed by atoms with Crippen LogP contribution < -0.4 is 11.1 Å². The van der Waals surface area contributed by atoms with Gasteiger partial charge in [-0.15, -0.1) is 11.3 Å². The summed E-state index contributed by atoms with van der Waals surface area (Å²) in [5.41, 5.74) is 5.95.